The Morgan fingerprint density at radius 2 is 1.94 bits per heavy atom. The smallest absolute Gasteiger partial charge is 0.120 e. The molecule has 2 rings (SSSR count). The quantitative estimate of drug-likeness (QED) is 0.822. The van der Waals surface area contributed by atoms with Crippen LogP contribution in [0.4, 0.5) is 5.69 Å². The average molecular weight is 230 g/mol. The van der Waals surface area contributed by atoms with E-state index in [1.54, 1.807) is 18.0 Å². The molecular weight excluding hydrogens is 216 g/mol. The number of hydrogen-bond donors (Lipinski definition) is 1. The molecule has 1 aromatic carbocycles. The van der Waals surface area contributed by atoms with E-state index in [4.69, 9.17) is 5.73 Å². The van der Waals surface area contributed by atoms with Crippen molar-refractivity contribution in [2.75, 3.05) is 5.73 Å². The Hall–Kier alpha value is -1.48. The normalized spacial score (nSPS) is 10.3. The van der Waals surface area contributed by atoms with E-state index in [0.29, 0.717) is 0 Å². The number of nitrogens with zero attached hydrogens (tertiary/aromatic N) is 1. The van der Waals surface area contributed by atoms with Gasteiger partial charge in [-0.05, 0) is 24.1 Å². The molecule has 0 spiro atoms. The highest BCUT2D eigenvalue weighted by Crippen LogP contribution is 2.27. The Kier molecular flexibility index (Phi) is 3.47. The summed E-state index contributed by atoms with van der Waals surface area (Å²) in [5.41, 5.74) is 9.13. The molecule has 0 aliphatic heterocycles. The van der Waals surface area contributed by atoms with E-state index in [1.165, 1.54) is 5.56 Å². The predicted molar refractivity (Wildman–Crippen MR) is 69.4 cm³/mol. The molecule has 0 atom stereocenters. The number of pyridine rings is 1. The molecule has 0 fully saturated rings. The third-order valence-corrected chi connectivity index (χ3v) is 3.47. The standard InChI is InChI=1S/C13H14N2S/c1-10-7-8-15-13(12(10)14)16-9-11-5-3-2-4-6-11/h2-8H,9,14H2,1H3. The van der Waals surface area contributed by atoms with Gasteiger partial charge in [0, 0.05) is 11.9 Å². The first-order valence-corrected chi connectivity index (χ1v) is 6.14. The van der Waals surface area contributed by atoms with Crippen LogP contribution < -0.4 is 5.73 Å². The van der Waals surface area contributed by atoms with Gasteiger partial charge in [-0.25, -0.2) is 4.98 Å². The van der Waals surface area contributed by atoms with Gasteiger partial charge < -0.3 is 5.73 Å². The van der Waals surface area contributed by atoms with Crippen molar-refractivity contribution in [1.29, 1.82) is 0 Å². The lowest BCUT2D eigenvalue weighted by Gasteiger charge is -2.06. The molecule has 0 amide bonds. The highest BCUT2D eigenvalue weighted by atomic mass is 32.2. The average Bonchev–Trinajstić information content (AvgIpc) is 2.32. The van der Waals surface area contributed by atoms with Gasteiger partial charge in [0.2, 0.25) is 0 Å². The van der Waals surface area contributed by atoms with Crippen molar-refractivity contribution in [2.45, 2.75) is 17.7 Å². The molecule has 0 aliphatic carbocycles. The second-order valence-electron chi connectivity index (χ2n) is 3.62. The molecule has 3 heteroatoms. The van der Waals surface area contributed by atoms with Crippen LogP contribution in [-0.4, -0.2) is 4.98 Å². The van der Waals surface area contributed by atoms with Crippen LogP contribution in [0.3, 0.4) is 0 Å². The first-order valence-electron chi connectivity index (χ1n) is 5.15. The molecule has 2 N–H and O–H groups in total. The molecule has 0 saturated heterocycles. The van der Waals surface area contributed by atoms with Crippen molar-refractivity contribution in [1.82, 2.24) is 4.98 Å². The minimum Gasteiger partial charge on any atom is -0.396 e. The van der Waals surface area contributed by atoms with E-state index >= 15 is 0 Å². The monoisotopic (exact) mass is 230 g/mol. The second-order valence-corrected chi connectivity index (χ2v) is 4.59. The molecule has 1 aromatic heterocycles. The van der Waals surface area contributed by atoms with Crippen LogP contribution in [0.5, 0.6) is 0 Å². The summed E-state index contributed by atoms with van der Waals surface area (Å²) >= 11 is 1.68. The molecule has 2 aromatic rings. The summed E-state index contributed by atoms with van der Waals surface area (Å²) in [5.74, 6) is 0.904. The molecular formula is C13H14N2S. The van der Waals surface area contributed by atoms with Gasteiger partial charge in [0.15, 0.2) is 0 Å². The Morgan fingerprint density at radius 1 is 1.19 bits per heavy atom. The fourth-order valence-electron chi connectivity index (χ4n) is 1.39. The second kappa shape index (κ2) is 5.03. The van der Waals surface area contributed by atoms with Gasteiger partial charge in [0.1, 0.15) is 5.03 Å². The van der Waals surface area contributed by atoms with Crippen LogP contribution in [0.1, 0.15) is 11.1 Å². The lowest BCUT2D eigenvalue weighted by molar-refractivity contribution is 1.12. The Bertz CT molecular complexity index is 469. The molecule has 0 radical (unpaired) electrons. The summed E-state index contributed by atoms with van der Waals surface area (Å²) in [5, 5.41) is 0.920. The number of aryl methyl sites for hydroxylation is 1. The van der Waals surface area contributed by atoms with Crippen molar-refractivity contribution in [3.63, 3.8) is 0 Å². The van der Waals surface area contributed by atoms with E-state index in [0.717, 1.165) is 22.0 Å². The van der Waals surface area contributed by atoms with Gasteiger partial charge >= 0.3 is 0 Å². The summed E-state index contributed by atoms with van der Waals surface area (Å²) in [6, 6.07) is 12.3. The van der Waals surface area contributed by atoms with Gasteiger partial charge in [0.05, 0.1) is 5.69 Å². The number of nitrogens with two attached hydrogens (primary N) is 1. The van der Waals surface area contributed by atoms with E-state index in [2.05, 4.69) is 17.1 Å². The van der Waals surface area contributed by atoms with Gasteiger partial charge in [-0.15, -0.1) is 0 Å². The fraction of sp³-hybridized carbons (Fsp3) is 0.154. The van der Waals surface area contributed by atoms with Crippen LogP contribution in [0, 0.1) is 6.92 Å². The topological polar surface area (TPSA) is 38.9 Å². The van der Waals surface area contributed by atoms with Crippen molar-refractivity contribution in [3.05, 3.63) is 53.7 Å². The highest BCUT2D eigenvalue weighted by Gasteiger charge is 2.03. The van der Waals surface area contributed by atoms with Gasteiger partial charge in [-0.3, -0.25) is 0 Å². The number of anilines is 1. The van der Waals surface area contributed by atoms with Crippen LogP contribution in [0.2, 0.25) is 0 Å². The third-order valence-electron chi connectivity index (χ3n) is 2.39. The maximum Gasteiger partial charge on any atom is 0.120 e. The summed E-state index contributed by atoms with van der Waals surface area (Å²) in [7, 11) is 0. The van der Waals surface area contributed by atoms with Crippen LogP contribution in [0.25, 0.3) is 0 Å². The molecule has 0 unspecified atom stereocenters. The van der Waals surface area contributed by atoms with Crippen LogP contribution in [0.15, 0.2) is 47.6 Å². The molecule has 1 heterocycles. The number of aromatic nitrogens is 1. The molecule has 16 heavy (non-hydrogen) atoms. The zero-order valence-corrected chi connectivity index (χ0v) is 10.00. The molecule has 2 nitrogen and oxygen atoms in total. The number of benzene rings is 1. The maximum atomic E-state index is 5.96. The van der Waals surface area contributed by atoms with Crippen LogP contribution in [-0.2, 0) is 5.75 Å². The van der Waals surface area contributed by atoms with Gasteiger partial charge in [0.25, 0.3) is 0 Å². The first-order chi connectivity index (χ1) is 7.77. The number of hydrogen-bond acceptors (Lipinski definition) is 3. The van der Waals surface area contributed by atoms with E-state index in [1.807, 2.05) is 31.2 Å². The number of nitrogen functional groups attached to an aromatic ring is 1. The fourth-order valence-corrected chi connectivity index (χ4v) is 2.33. The lowest BCUT2D eigenvalue weighted by Crippen LogP contribution is -1.95. The van der Waals surface area contributed by atoms with E-state index in [-0.39, 0.29) is 0 Å². The zero-order chi connectivity index (χ0) is 11.4. The number of thioether (sulfide) groups is 1. The molecule has 0 saturated carbocycles. The van der Waals surface area contributed by atoms with Gasteiger partial charge in [-0.1, -0.05) is 42.1 Å². The van der Waals surface area contributed by atoms with E-state index in [9.17, 15) is 0 Å². The molecule has 0 bridgehead atoms. The van der Waals surface area contributed by atoms with Gasteiger partial charge in [-0.2, -0.15) is 0 Å². The highest BCUT2D eigenvalue weighted by molar-refractivity contribution is 7.98. The Balaban J connectivity index is 2.08. The summed E-state index contributed by atoms with van der Waals surface area (Å²) in [6.07, 6.45) is 1.80. The van der Waals surface area contributed by atoms with Crippen molar-refractivity contribution in [2.24, 2.45) is 0 Å². The molecule has 82 valence electrons. The Morgan fingerprint density at radius 3 is 2.69 bits per heavy atom. The maximum absolute atomic E-state index is 5.96. The predicted octanol–water partition coefficient (Wildman–Crippen LogP) is 3.26. The summed E-state index contributed by atoms with van der Waals surface area (Å²) < 4.78 is 0. The third kappa shape index (κ3) is 2.55. The van der Waals surface area contributed by atoms with Crippen molar-refractivity contribution in [3.8, 4) is 0 Å². The zero-order valence-electron chi connectivity index (χ0n) is 9.18. The first kappa shape index (κ1) is 11.0. The summed E-state index contributed by atoms with van der Waals surface area (Å²) in [4.78, 5) is 4.29. The van der Waals surface area contributed by atoms with Crippen molar-refractivity contribution < 1.29 is 0 Å². The van der Waals surface area contributed by atoms with Crippen molar-refractivity contribution >= 4 is 17.4 Å². The largest absolute Gasteiger partial charge is 0.396 e. The number of rotatable bonds is 3. The Labute approximate surface area is 99.9 Å². The van der Waals surface area contributed by atoms with E-state index < -0.39 is 0 Å². The van der Waals surface area contributed by atoms with Crippen LogP contribution >= 0.6 is 11.8 Å². The molecule has 0 aliphatic rings. The summed E-state index contributed by atoms with van der Waals surface area (Å²) in [6.45, 7) is 2.00. The SMILES string of the molecule is Cc1ccnc(SCc2ccccc2)c1N. The minimum atomic E-state index is 0.795. The lowest BCUT2D eigenvalue weighted by atomic mass is 10.2. The minimum absolute atomic E-state index is 0.795.